The second-order valence-electron chi connectivity index (χ2n) is 5.14. The van der Waals surface area contributed by atoms with Crippen molar-refractivity contribution in [2.75, 3.05) is 19.6 Å². The summed E-state index contributed by atoms with van der Waals surface area (Å²) < 4.78 is 1.61. The molecule has 8 nitrogen and oxygen atoms in total. The zero-order chi connectivity index (χ0) is 14.7. The minimum Gasteiger partial charge on any atom is -0.481 e. The molecule has 2 amide bonds. The highest BCUT2D eigenvalue weighted by molar-refractivity contribution is 5.77. The standard InChI is InChI=1S/C12H19N5O3/c1-8-5-17(6-9(8)11(18)19)12(20)13-4-3-10-14-7-16(2)15-10/h7-9H,3-6H2,1-2H3,(H,13,20)(H,18,19)/t8-,9-/m1/s1. The van der Waals surface area contributed by atoms with Crippen LogP contribution >= 0.6 is 0 Å². The largest absolute Gasteiger partial charge is 0.481 e. The van der Waals surface area contributed by atoms with Gasteiger partial charge >= 0.3 is 12.0 Å². The summed E-state index contributed by atoms with van der Waals surface area (Å²) in [6, 6.07) is -0.225. The lowest BCUT2D eigenvalue weighted by Crippen LogP contribution is -2.40. The smallest absolute Gasteiger partial charge is 0.317 e. The van der Waals surface area contributed by atoms with E-state index in [4.69, 9.17) is 5.11 Å². The number of nitrogens with one attached hydrogen (secondary N) is 1. The van der Waals surface area contributed by atoms with E-state index in [1.54, 1.807) is 23.0 Å². The number of carbonyl (C=O) groups is 2. The Bertz CT molecular complexity index is 501. The molecule has 1 aromatic heterocycles. The summed E-state index contributed by atoms with van der Waals surface area (Å²) in [4.78, 5) is 28.6. The molecule has 8 heteroatoms. The van der Waals surface area contributed by atoms with E-state index in [9.17, 15) is 9.59 Å². The first-order valence-corrected chi connectivity index (χ1v) is 6.57. The van der Waals surface area contributed by atoms with Crippen LogP contribution in [0.5, 0.6) is 0 Å². The number of carboxylic acid groups (broad SMARTS) is 1. The van der Waals surface area contributed by atoms with Crippen LogP contribution in [0.25, 0.3) is 0 Å². The average Bonchev–Trinajstić information content (AvgIpc) is 2.95. The molecule has 0 saturated carbocycles. The molecule has 2 atom stereocenters. The van der Waals surface area contributed by atoms with E-state index in [0.29, 0.717) is 25.3 Å². The Morgan fingerprint density at radius 3 is 2.80 bits per heavy atom. The van der Waals surface area contributed by atoms with Crippen molar-refractivity contribution in [1.29, 1.82) is 0 Å². The molecule has 1 fully saturated rings. The summed E-state index contributed by atoms with van der Waals surface area (Å²) in [6.07, 6.45) is 2.16. The van der Waals surface area contributed by atoms with E-state index in [2.05, 4.69) is 15.4 Å². The molecule has 1 aromatic rings. The maximum atomic E-state index is 11.9. The van der Waals surface area contributed by atoms with Crippen LogP contribution in [0.3, 0.4) is 0 Å². The van der Waals surface area contributed by atoms with Gasteiger partial charge in [0.2, 0.25) is 0 Å². The van der Waals surface area contributed by atoms with Gasteiger partial charge in [0.25, 0.3) is 0 Å². The van der Waals surface area contributed by atoms with E-state index >= 15 is 0 Å². The number of amides is 2. The Kier molecular flexibility index (Phi) is 4.21. The Morgan fingerprint density at radius 1 is 1.50 bits per heavy atom. The number of hydrogen-bond acceptors (Lipinski definition) is 4. The molecule has 1 aliphatic rings. The van der Waals surface area contributed by atoms with Crippen LogP contribution < -0.4 is 5.32 Å². The fourth-order valence-electron chi connectivity index (χ4n) is 2.35. The highest BCUT2D eigenvalue weighted by atomic mass is 16.4. The van der Waals surface area contributed by atoms with Crippen molar-refractivity contribution in [1.82, 2.24) is 25.0 Å². The zero-order valence-electron chi connectivity index (χ0n) is 11.6. The van der Waals surface area contributed by atoms with Gasteiger partial charge < -0.3 is 15.3 Å². The molecule has 2 N–H and O–H groups in total. The molecule has 0 aromatic carbocycles. The van der Waals surface area contributed by atoms with Gasteiger partial charge in [-0.15, -0.1) is 0 Å². The molecule has 0 radical (unpaired) electrons. The molecule has 0 bridgehead atoms. The molecule has 0 unspecified atom stereocenters. The molecule has 20 heavy (non-hydrogen) atoms. The Labute approximate surface area is 116 Å². The third-order valence-electron chi connectivity index (χ3n) is 3.49. The van der Waals surface area contributed by atoms with Crippen molar-refractivity contribution in [3.8, 4) is 0 Å². The number of carbonyl (C=O) groups excluding carboxylic acids is 1. The van der Waals surface area contributed by atoms with Gasteiger partial charge in [-0.2, -0.15) is 5.10 Å². The van der Waals surface area contributed by atoms with Crippen molar-refractivity contribution in [3.05, 3.63) is 12.2 Å². The number of aryl methyl sites for hydroxylation is 1. The third kappa shape index (κ3) is 3.25. The quantitative estimate of drug-likeness (QED) is 0.790. The molecule has 2 heterocycles. The molecular weight excluding hydrogens is 262 g/mol. The predicted octanol–water partition coefficient (Wildman–Crippen LogP) is -0.280. The molecule has 110 valence electrons. The van der Waals surface area contributed by atoms with Crippen molar-refractivity contribution in [2.24, 2.45) is 18.9 Å². The SMILES string of the molecule is C[C@@H]1CN(C(=O)NCCc2ncn(C)n2)C[C@H]1C(=O)O. The number of aromatic nitrogens is 3. The number of carboxylic acids is 1. The van der Waals surface area contributed by atoms with Crippen LogP contribution in [0.4, 0.5) is 4.79 Å². The average molecular weight is 281 g/mol. The summed E-state index contributed by atoms with van der Waals surface area (Å²) in [5, 5.41) is 15.9. The molecule has 0 aliphatic carbocycles. The van der Waals surface area contributed by atoms with Crippen LogP contribution in [0.2, 0.25) is 0 Å². The summed E-state index contributed by atoms with van der Waals surface area (Å²) in [5.74, 6) is -0.662. The van der Waals surface area contributed by atoms with Gasteiger partial charge in [-0.25, -0.2) is 9.78 Å². The van der Waals surface area contributed by atoms with Crippen molar-refractivity contribution in [3.63, 3.8) is 0 Å². The van der Waals surface area contributed by atoms with E-state index in [1.165, 1.54) is 0 Å². The van der Waals surface area contributed by atoms with Gasteiger partial charge in [-0.05, 0) is 5.92 Å². The van der Waals surface area contributed by atoms with E-state index < -0.39 is 11.9 Å². The predicted molar refractivity (Wildman–Crippen MR) is 70.0 cm³/mol. The van der Waals surface area contributed by atoms with Crippen LogP contribution in [0.1, 0.15) is 12.7 Å². The molecule has 1 aliphatic heterocycles. The van der Waals surface area contributed by atoms with Crippen LogP contribution in [-0.4, -0.2) is 56.4 Å². The van der Waals surface area contributed by atoms with Crippen molar-refractivity contribution in [2.45, 2.75) is 13.3 Å². The fourth-order valence-corrected chi connectivity index (χ4v) is 2.35. The second-order valence-corrected chi connectivity index (χ2v) is 5.14. The number of urea groups is 1. The summed E-state index contributed by atoms with van der Waals surface area (Å²) in [6.45, 7) is 3.03. The Balaban J connectivity index is 1.77. The summed E-state index contributed by atoms with van der Waals surface area (Å²) in [7, 11) is 1.78. The lowest BCUT2D eigenvalue weighted by atomic mass is 9.99. The molecular formula is C12H19N5O3. The first-order valence-electron chi connectivity index (χ1n) is 6.57. The van der Waals surface area contributed by atoms with Gasteiger partial charge in [-0.1, -0.05) is 6.92 Å². The zero-order valence-corrected chi connectivity index (χ0v) is 11.6. The van der Waals surface area contributed by atoms with Crippen molar-refractivity contribution >= 4 is 12.0 Å². The number of hydrogen-bond donors (Lipinski definition) is 2. The van der Waals surface area contributed by atoms with Crippen LogP contribution in [0.15, 0.2) is 6.33 Å². The highest BCUT2D eigenvalue weighted by Gasteiger charge is 2.36. The molecule has 0 spiro atoms. The molecule has 1 saturated heterocycles. The van der Waals surface area contributed by atoms with Gasteiger partial charge in [0.1, 0.15) is 6.33 Å². The summed E-state index contributed by atoms with van der Waals surface area (Å²) >= 11 is 0. The third-order valence-corrected chi connectivity index (χ3v) is 3.49. The van der Waals surface area contributed by atoms with E-state index in [1.807, 2.05) is 6.92 Å². The van der Waals surface area contributed by atoms with Gasteiger partial charge in [-0.3, -0.25) is 9.48 Å². The molecule has 2 rings (SSSR count). The monoisotopic (exact) mass is 281 g/mol. The van der Waals surface area contributed by atoms with E-state index in [0.717, 1.165) is 0 Å². The lowest BCUT2D eigenvalue weighted by molar-refractivity contribution is -0.142. The minimum absolute atomic E-state index is 0.0179. The minimum atomic E-state index is -0.842. The Morgan fingerprint density at radius 2 is 2.25 bits per heavy atom. The maximum Gasteiger partial charge on any atom is 0.317 e. The Hall–Kier alpha value is -2.12. The van der Waals surface area contributed by atoms with Gasteiger partial charge in [0.05, 0.1) is 5.92 Å². The first kappa shape index (κ1) is 14.3. The van der Waals surface area contributed by atoms with Crippen LogP contribution in [-0.2, 0) is 18.3 Å². The topological polar surface area (TPSA) is 100 Å². The summed E-state index contributed by atoms with van der Waals surface area (Å²) in [5.41, 5.74) is 0. The van der Waals surface area contributed by atoms with E-state index in [-0.39, 0.29) is 18.5 Å². The highest BCUT2D eigenvalue weighted by Crippen LogP contribution is 2.22. The van der Waals surface area contributed by atoms with Gasteiger partial charge in [0, 0.05) is 33.1 Å². The van der Waals surface area contributed by atoms with Gasteiger partial charge in [0.15, 0.2) is 5.82 Å². The normalized spacial score (nSPS) is 22.0. The number of nitrogens with zero attached hydrogens (tertiary/aromatic N) is 4. The lowest BCUT2D eigenvalue weighted by Gasteiger charge is -2.16. The maximum absolute atomic E-state index is 11.9. The number of likely N-dealkylation sites (tertiary alicyclic amines) is 1. The number of aliphatic carboxylic acids is 1. The van der Waals surface area contributed by atoms with Crippen LogP contribution in [0, 0.1) is 11.8 Å². The number of rotatable bonds is 4. The first-order chi connectivity index (χ1) is 9.47. The fraction of sp³-hybridized carbons (Fsp3) is 0.667. The second kappa shape index (κ2) is 5.89. The van der Waals surface area contributed by atoms with Crippen molar-refractivity contribution < 1.29 is 14.7 Å².